The molecule has 0 aliphatic heterocycles. The average Bonchev–Trinajstić information content (AvgIpc) is 2.18. The summed E-state index contributed by atoms with van der Waals surface area (Å²) in [5, 5.41) is 7.22. The van der Waals surface area contributed by atoms with Crippen LogP contribution in [0.15, 0.2) is 16.9 Å². The van der Waals surface area contributed by atoms with Crippen LogP contribution < -0.4 is 10.9 Å². The summed E-state index contributed by atoms with van der Waals surface area (Å²) in [6.45, 7) is 2.10. The van der Waals surface area contributed by atoms with Crippen molar-refractivity contribution in [2.45, 2.75) is 6.54 Å². The number of rotatable bonds is 5. The predicted octanol–water partition coefficient (Wildman–Crippen LogP) is -0.484. The van der Waals surface area contributed by atoms with E-state index in [9.17, 15) is 4.79 Å². The fraction of sp³-hybridized carbons (Fsp3) is 0.556. The molecular formula is C9H15N3O2. The number of nitrogens with one attached hydrogen (secondary N) is 1. The molecule has 78 valence electrons. The smallest absolute Gasteiger partial charge is 0.266 e. The first-order valence-corrected chi connectivity index (χ1v) is 4.47. The number of hydrogen-bond donors (Lipinski definition) is 1. The molecule has 0 unspecified atom stereocenters. The van der Waals surface area contributed by atoms with E-state index >= 15 is 0 Å². The van der Waals surface area contributed by atoms with Gasteiger partial charge in [0.05, 0.1) is 12.3 Å². The molecule has 14 heavy (non-hydrogen) atoms. The van der Waals surface area contributed by atoms with E-state index < -0.39 is 0 Å². The summed E-state index contributed by atoms with van der Waals surface area (Å²) in [5.41, 5.74) is 0.758. The number of aromatic nitrogens is 2. The Morgan fingerprint density at radius 3 is 3.00 bits per heavy atom. The van der Waals surface area contributed by atoms with Crippen LogP contribution in [0.3, 0.4) is 0 Å². The Hall–Kier alpha value is -1.20. The Balaban J connectivity index is 2.43. The quantitative estimate of drug-likeness (QED) is 0.647. The Morgan fingerprint density at radius 1 is 1.57 bits per heavy atom. The molecule has 0 aromatic carbocycles. The zero-order valence-corrected chi connectivity index (χ0v) is 8.49. The first kappa shape index (κ1) is 10.9. The molecule has 1 rings (SSSR count). The van der Waals surface area contributed by atoms with Gasteiger partial charge >= 0.3 is 0 Å². The van der Waals surface area contributed by atoms with Gasteiger partial charge in [0.25, 0.3) is 5.56 Å². The molecule has 1 heterocycles. The molecule has 5 heteroatoms. The number of hydrogen-bond acceptors (Lipinski definition) is 4. The van der Waals surface area contributed by atoms with Gasteiger partial charge in [0, 0.05) is 33.3 Å². The van der Waals surface area contributed by atoms with Crippen LogP contribution in [0.25, 0.3) is 0 Å². The van der Waals surface area contributed by atoms with Gasteiger partial charge in [-0.1, -0.05) is 0 Å². The molecule has 0 amide bonds. The van der Waals surface area contributed by atoms with Crippen LogP contribution >= 0.6 is 0 Å². The highest BCUT2D eigenvalue weighted by Gasteiger charge is 1.96. The minimum Gasteiger partial charge on any atom is -0.383 e. The number of ether oxygens (including phenoxy) is 1. The van der Waals surface area contributed by atoms with Crippen LogP contribution in [0.2, 0.25) is 0 Å². The van der Waals surface area contributed by atoms with E-state index in [0.717, 1.165) is 12.2 Å². The first-order chi connectivity index (χ1) is 6.74. The molecule has 1 aromatic heterocycles. The lowest BCUT2D eigenvalue weighted by Gasteiger charge is -2.04. The van der Waals surface area contributed by atoms with Crippen molar-refractivity contribution in [3.05, 3.63) is 28.2 Å². The van der Waals surface area contributed by atoms with Crippen LogP contribution in [0, 0.1) is 0 Å². The maximum Gasteiger partial charge on any atom is 0.266 e. The van der Waals surface area contributed by atoms with Crippen LogP contribution in [0.4, 0.5) is 0 Å². The molecule has 0 aliphatic rings. The molecule has 0 spiro atoms. The van der Waals surface area contributed by atoms with E-state index in [1.165, 1.54) is 10.7 Å². The van der Waals surface area contributed by atoms with Gasteiger partial charge < -0.3 is 10.1 Å². The van der Waals surface area contributed by atoms with E-state index in [4.69, 9.17) is 4.74 Å². The lowest BCUT2D eigenvalue weighted by Crippen LogP contribution is -2.24. The summed E-state index contributed by atoms with van der Waals surface area (Å²) in [6, 6.07) is 3.24. The highest BCUT2D eigenvalue weighted by atomic mass is 16.5. The Labute approximate surface area is 82.7 Å². The van der Waals surface area contributed by atoms with Crippen molar-refractivity contribution in [1.82, 2.24) is 15.1 Å². The maximum atomic E-state index is 11.0. The summed E-state index contributed by atoms with van der Waals surface area (Å²) in [4.78, 5) is 11.0. The largest absolute Gasteiger partial charge is 0.383 e. The summed E-state index contributed by atoms with van der Waals surface area (Å²) >= 11 is 0. The number of aryl methyl sites for hydroxylation is 1. The van der Waals surface area contributed by atoms with E-state index in [1.807, 2.05) is 0 Å². The average molecular weight is 197 g/mol. The van der Waals surface area contributed by atoms with Gasteiger partial charge in [0.1, 0.15) is 0 Å². The molecule has 0 radical (unpaired) electrons. The monoisotopic (exact) mass is 197 g/mol. The van der Waals surface area contributed by atoms with Crippen molar-refractivity contribution in [2.24, 2.45) is 7.05 Å². The van der Waals surface area contributed by atoms with E-state index in [-0.39, 0.29) is 5.56 Å². The van der Waals surface area contributed by atoms with Crippen molar-refractivity contribution in [3.8, 4) is 0 Å². The lowest BCUT2D eigenvalue weighted by atomic mass is 10.4. The van der Waals surface area contributed by atoms with Gasteiger partial charge in [-0.15, -0.1) is 0 Å². The summed E-state index contributed by atoms with van der Waals surface area (Å²) in [6.07, 6.45) is 0. The van der Waals surface area contributed by atoms with Crippen LogP contribution in [0.5, 0.6) is 0 Å². The lowest BCUT2D eigenvalue weighted by molar-refractivity contribution is 0.199. The summed E-state index contributed by atoms with van der Waals surface area (Å²) < 4.78 is 6.21. The van der Waals surface area contributed by atoms with Crippen molar-refractivity contribution < 1.29 is 4.74 Å². The van der Waals surface area contributed by atoms with Crippen LogP contribution in [-0.2, 0) is 18.3 Å². The molecule has 1 N–H and O–H groups in total. The van der Waals surface area contributed by atoms with Crippen molar-refractivity contribution in [1.29, 1.82) is 0 Å². The predicted molar refractivity (Wildman–Crippen MR) is 53.1 cm³/mol. The van der Waals surface area contributed by atoms with Gasteiger partial charge in [-0.25, -0.2) is 4.68 Å². The Bertz CT molecular complexity index is 335. The first-order valence-electron chi connectivity index (χ1n) is 4.47. The number of methoxy groups -OCH3 is 1. The normalized spacial score (nSPS) is 10.4. The van der Waals surface area contributed by atoms with Crippen molar-refractivity contribution >= 4 is 0 Å². The molecule has 0 aliphatic carbocycles. The standard InChI is InChI=1S/C9H15N3O2/c1-12-9(13)4-3-8(11-12)7-10-5-6-14-2/h3-4,10H,5-7H2,1-2H3. The third-order valence-corrected chi connectivity index (χ3v) is 1.80. The fourth-order valence-corrected chi connectivity index (χ4v) is 1.04. The highest BCUT2D eigenvalue weighted by Crippen LogP contribution is 1.87. The minimum atomic E-state index is -0.0920. The molecule has 0 saturated carbocycles. The highest BCUT2D eigenvalue weighted by molar-refractivity contribution is 4.99. The molecule has 0 atom stereocenters. The Morgan fingerprint density at radius 2 is 2.36 bits per heavy atom. The molecular weight excluding hydrogens is 182 g/mol. The zero-order valence-electron chi connectivity index (χ0n) is 8.49. The van der Waals surface area contributed by atoms with Gasteiger partial charge in [-0.2, -0.15) is 5.10 Å². The second-order valence-electron chi connectivity index (χ2n) is 2.96. The molecule has 0 fully saturated rings. The van der Waals surface area contributed by atoms with Gasteiger partial charge in [-0.3, -0.25) is 4.79 Å². The summed E-state index contributed by atoms with van der Waals surface area (Å²) in [7, 11) is 3.30. The zero-order chi connectivity index (χ0) is 10.4. The van der Waals surface area contributed by atoms with Gasteiger partial charge in [-0.05, 0) is 6.07 Å². The molecule has 0 bridgehead atoms. The topological polar surface area (TPSA) is 56.1 Å². The second-order valence-corrected chi connectivity index (χ2v) is 2.96. The van der Waals surface area contributed by atoms with Gasteiger partial charge in [0.2, 0.25) is 0 Å². The minimum absolute atomic E-state index is 0.0920. The van der Waals surface area contributed by atoms with Gasteiger partial charge in [0.15, 0.2) is 0 Å². The van der Waals surface area contributed by atoms with E-state index in [0.29, 0.717) is 13.2 Å². The second kappa shape index (κ2) is 5.51. The van der Waals surface area contributed by atoms with Crippen molar-refractivity contribution in [2.75, 3.05) is 20.3 Å². The SMILES string of the molecule is COCCNCc1ccc(=O)n(C)n1. The summed E-state index contributed by atoms with van der Waals surface area (Å²) in [5.74, 6) is 0. The van der Waals surface area contributed by atoms with Crippen LogP contribution in [0.1, 0.15) is 5.69 Å². The molecule has 1 aromatic rings. The third-order valence-electron chi connectivity index (χ3n) is 1.80. The molecule has 5 nitrogen and oxygen atoms in total. The van der Waals surface area contributed by atoms with E-state index in [1.54, 1.807) is 20.2 Å². The number of nitrogens with zero attached hydrogens (tertiary/aromatic N) is 2. The van der Waals surface area contributed by atoms with Crippen LogP contribution in [-0.4, -0.2) is 30.0 Å². The van der Waals surface area contributed by atoms with E-state index in [2.05, 4.69) is 10.4 Å². The molecule has 0 saturated heterocycles. The fourth-order valence-electron chi connectivity index (χ4n) is 1.04. The van der Waals surface area contributed by atoms with Crippen molar-refractivity contribution in [3.63, 3.8) is 0 Å². The Kier molecular flexibility index (Phi) is 4.28. The maximum absolute atomic E-state index is 11.0. The third kappa shape index (κ3) is 3.27.